The number of benzene rings is 1. The molecule has 0 radical (unpaired) electrons. The molecule has 1 heterocycles. The van der Waals surface area contributed by atoms with Crippen LogP contribution in [0.4, 0.5) is 0 Å². The van der Waals surface area contributed by atoms with Crippen molar-refractivity contribution in [2.75, 3.05) is 6.54 Å². The first-order chi connectivity index (χ1) is 14.3. The third-order valence-electron chi connectivity index (χ3n) is 6.48. The Bertz CT molecular complexity index is 527. The maximum atomic E-state index is 12.0. The molecule has 0 saturated carbocycles. The minimum Gasteiger partial charge on any atom is -0.298 e. The molecule has 1 aromatic carbocycles. The molecule has 2 nitrogen and oxygen atoms in total. The van der Waals surface area contributed by atoms with Crippen molar-refractivity contribution in [3.05, 3.63) is 35.9 Å². The van der Waals surface area contributed by atoms with E-state index in [0.29, 0.717) is 18.4 Å². The lowest BCUT2D eigenvalue weighted by Gasteiger charge is -2.23. The second-order valence-electron chi connectivity index (χ2n) is 9.17. The third kappa shape index (κ3) is 11.0. The van der Waals surface area contributed by atoms with Crippen LogP contribution in [0.3, 0.4) is 0 Å². The zero-order valence-corrected chi connectivity index (χ0v) is 19.0. The monoisotopic (exact) mass is 399 g/mol. The van der Waals surface area contributed by atoms with Gasteiger partial charge in [-0.2, -0.15) is 0 Å². The van der Waals surface area contributed by atoms with Gasteiger partial charge in [0.15, 0.2) is 0 Å². The van der Waals surface area contributed by atoms with Gasteiger partial charge < -0.3 is 0 Å². The highest BCUT2D eigenvalue weighted by atomic mass is 16.1. The molecule has 1 aliphatic heterocycles. The van der Waals surface area contributed by atoms with Crippen molar-refractivity contribution in [1.29, 1.82) is 0 Å². The molecule has 1 unspecified atom stereocenters. The van der Waals surface area contributed by atoms with E-state index < -0.39 is 0 Å². The van der Waals surface area contributed by atoms with Gasteiger partial charge in [-0.15, -0.1) is 0 Å². The Morgan fingerprint density at radius 1 is 0.759 bits per heavy atom. The van der Waals surface area contributed by atoms with Gasteiger partial charge in [0.25, 0.3) is 0 Å². The minimum atomic E-state index is 0.427. The summed E-state index contributed by atoms with van der Waals surface area (Å²) in [5.41, 5.74) is 1.33. The number of rotatable bonds is 17. The summed E-state index contributed by atoms with van der Waals surface area (Å²) in [4.78, 5) is 14.4. The predicted molar refractivity (Wildman–Crippen MR) is 125 cm³/mol. The summed E-state index contributed by atoms with van der Waals surface area (Å²) >= 11 is 0. The summed E-state index contributed by atoms with van der Waals surface area (Å²) in [5.74, 6) is 0.427. The molecule has 0 aromatic heterocycles. The Hall–Kier alpha value is -1.15. The lowest BCUT2D eigenvalue weighted by atomic mass is 10.0. The zero-order chi connectivity index (χ0) is 20.6. The third-order valence-corrected chi connectivity index (χ3v) is 6.48. The maximum absolute atomic E-state index is 12.0. The van der Waals surface area contributed by atoms with Crippen molar-refractivity contribution in [3.63, 3.8) is 0 Å². The normalized spacial score (nSPS) is 17.3. The minimum absolute atomic E-state index is 0.427. The summed E-state index contributed by atoms with van der Waals surface area (Å²) < 4.78 is 0. The van der Waals surface area contributed by atoms with Crippen molar-refractivity contribution < 1.29 is 4.79 Å². The van der Waals surface area contributed by atoms with Gasteiger partial charge in [-0.1, -0.05) is 127 Å². The van der Waals surface area contributed by atoms with Gasteiger partial charge in [-0.05, 0) is 12.0 Å². The average Bonchev–Trinajstić information content (AvgIpc) is 3.08. The number of hydrogen-bond donors (Lipinski definition) is 0. The molecule has 0 aliphatic carbocycles. The molecule has 1 atom stereocenters. The quantitative estimate of drug-likeness (QED) is 0.250. The van der Waals surface area contributed by atoms with Crippen LogP contribution in [0.5, 0.6) is 0 Å². The van der Waals surface area contributed by atoms with Crippen molar-refractivity contribution in [2.24, 2.45) is 0 Å². The number of likely N-dealkylation sites (tertiary alicyclic amines) is 1. The van der Waals surface area contributed by atoms with Crippen LogP contribution >= 0.6 is 0 Å². The van der Waals surface area contributed by atoms with E-state index >= 15 is 0 Å². The van der Waals surface area contributed by atoms with E-state index in [1.165, 1.54) is 102 Å². The van der Waals surface area contributed by atoms with Gasteiger partial charge in [0.2, 0.25) is 0 Å². The molecule has 1 fully saturated rings. The molecule has 0 spiro atoms. The van der Waals surface area contributed by atoms with Gasteiger partial charge >= 0.3 is 0 Å². The highest BCUT2D eigenvalue weighted by Gasteiger charge is 2.29. The Balaban J connectivity index is 1.43. The van der Waals surface area contributed by atoms with Crippen LogP contribution < -0.4 is 0 Å². The van der Waals surface area contributed by atoms with Crippen molar-refractivity contribution >= 4 is 5.78 Å². The molecule has 0 bridgehead atoms. The molecule has 29 heavy (non-hydrogen) atoms. The molecule has 2 rings (SSSR count). The lowest BCUT2D eigenvalue weighted by molar-refractivity contribution is -0.117. The Morgan fingerprint density at radius 2 is 1.28 bits per heavy atom. The number of unbranched alkanes of at least 4 members (excludes halogenated alkanes) is 13. The number of carbonyl (C=O) groups excluding carboxylic acids is 1. The van der Waals surface area contributed by atoms with E-state index in [9.17, 15) is 4.79 Å². The second-order valence-corrected chi connectivity index (χ2v) is 9.17. The first kappa shape index (κ1) is 24.1. The molecule has 1 saturated heterocycles. The van der Waals surface area contributed by atoms with Crippen LogP contribution in [0, 0.1) is 0 Å². The Labute approximate surface area is 180 Å². The molecule has 164 valence electrons. The van der Waals surface area contributed by atoms with Gasteiger partial charge in [-0.25, -0.2) is 0 Å². The van der Waals surface area contributed by atoms with Gasteiger partial charge in [-0.3, -0.25) is 9.69 Å². The summed E-state index contributed by atoms with van der Waals surface area (Å²) in [6.45, 7) is 3.87. The standard InChI is InChI=1S/C27H45NO/c1-2-3-4-5-6-7-8-9-10-11-12-13-14-18-21-26-22-27(29)24-28(26)23-25-19-16-15-17-20-25/h15-17,19-20,26H,2-14,18,21-24H2,1H3. The van der Waals surface area contributed by atoms with E-state index in [-0.39, 0.29) is 0 Å². The molecule has 0 amide bonds. The second kappa shape index (κ2) is 15.7. The fourth-order valence-corrected chi connectivity index (χ4v) is 4.67. The first-order valence-electron chi connectivity index (χ1n) is 12.6. The van der Waals surface area contributed by atoms with Crippen LogP contribution in [-0.2, 0) is 11.3 Å². The average molecular weight is 400 g/mol. The number of hydrogen-bond acceptors (Lipinski definition) is 2. The molecular formula is C27H45NO. The molecule has 2 heteroatoms. The molecule has 0 N–H and O–H groups in total. The number of carbonyl (C=O) groups is 1. The van der Waals surface area contributed by atoms with E-state index in [1.807, 2.05) is 0 Å². The Morgan fingerprint density at radius 3 is 1.83 bits per heavy atom. The summed E-state index contributed by atoms with van der Waals surface area (Å²) in [5, 5.41) is 0. The van der Waals surface area contributed by atoms with Gasteiger partial charge in [0.05, 0.1) is 6.54 Å². The van der Waals surface area contributed by atoms with Gasteiger partial charge in [0, 0.05) is 19.0 Å². The highest BCUT2D eigenvalue weighted by Crippen LogP contribution is 2.23. The van der Waals surface area contributed by atoms with E-state index in [0.717, 1.165) is 13.0 Å². The van der Waals surface area contributed by atoms with Crippen LogP contribution in [0.25, 0.3) is 0 Å². The van der Waals surface area contributed by atoms with Crippen molar-refractivity contribution in [3.8, 4) is 0 Å². The number of Topliss-reactive ketones (excluding diaryl/α,β-unsaturated/α-hetero) is 1. The largest absolute Gasteiger partial charge is 0.298 e. The van der Waals surface area contributed by atoms with E-state index in [2.05, 4.69) is 42.2 Å². The smallest absolute Gasteiger partial charge is 0.148 e. The van der Waals surface area contributed by atoms with Crippen LogP contribution in [0.1, 0.15) is 115 Å². The van der Waals surface area contributed by atoms with Crippen LogP contribution in [-0.4, -0.2) is 23.3 Å². The zero-order valence-electron chi connectivity index (χ0n) is 19.0. The topological polar surface area (TPSA) is 20.3 Å². The van der Waals surface area contributed by atoms with Crippen molar-refractivity contribution in [1.82, 2.24) is 4.90 Å². The number of nitrogens with zero attached hydrogens (tertiary/aromatic N) is 1. The fourth-order valence-electron chi connectivity index (χ4n) is 4.67. The summed E-state index contributed by atoms with van der Waals surface area (Å²) in [6.07, 6.45) is 21.6. The van der Waals surface area contributed by atoms with E-state index in [1.54, 1.807) is 0 Å². The summed E-state index contributed by atoms with van der Waals surface area (Å²) in [6, 6.07) is 11.1. The summed E-state index contributed by atoms with van der Waals surface area (Å²) in [7, 11) is 0. The molecule has 1 aromatic rings. The maximum Gasteiger partial charge on any atom is 0.148 e. The van der Waals surface area contributed by atoms with Crippen molar-refractivity contribution in [2.45, 2.75) is 122 Å². The molecule has 1 aliphatic rings. The van der Waals surface area contributed by atoms with E-state index in [4.69, 9.17) is 0 Å². The fraction of sp³-hybridized carbons (Fsp3) is 0.741. The first-order valence-corrected chi connectivity index (χ1v) is 12.6. The SMILES string of the molecule is CCCCCCCCCCCCCCCCC1CC(=O)CN1Cc1ccccc1. The van der Waals surface area contributed by atoms with Crippen LogP contribution in [0.15, 0.2) is 30.3 Å². The highest BCUT2D eigenvalue weighted by molar-refractivity contribution is 5.83. The Kier molecular flexibility index (Phi) is 13.0. The lowest BCUT2D eigenvalue weighted by Crippen LogP contribution is -2.29. The van der Waals surface area contributed by atoms with Crippen LogP contribution in [0.2, 0.25) is 0 Å². The number of ketones is 1. The predicted octanol–water partition coefficient (Wildman–Crippen LogP) is 7.70. The molecular weight excluding hydrogens is 354 g/mol. The van der Waals surface area contributed by atoms with Gasteiger partial charge in [0.1, 0.15) is 5.78 Å².